The molecule has 0 amide bonds. The fourth-order valence-corrected chi connectivity index (χ4v) is 8.42. The van der Waals surface area contributed by atoms with Crippen LogP contribution in [-0.2, 0) is 0 Å². The van der Waals surface area contributed by atoms with E-state index in [0.29, 0.717) is 69.3 Å². The number of benzene rings is 4. The Morgan fingerprint density at radius 3 is 1.28 bits per heavy atom. The van der Waals surface area contributed by atoms with Crippen molar-refractivity contribution >= 4 is 64.9 Å². The second-order valence-corrected chi connectivity index (χ2v) is 14.7. The summed E-state index contributed by atoms with van der Waals surface area (Å²) in [5.74, 6) is 7.05. The Morgan fingerprint density at radius 2 is 0.884 bits per heavy atom. The zero-order valence-corrected chi connectivity index (χ0v) is 28.1. The molecule has 6 N–H and O–H groups in total. The molecular weight excluding hydrogens is 738 g/mol. The zero-order valence-electron chi connectivity index (χ0n) is 23.4. The molecular formula is C34H32Br3N3O3. The van der Waals surface area contributed by atoms with E-state index in [1.54, 1.807) is 6.07 Å². The van der Waals surface area contributed by atoms with Gasteiger partial charge in [0.2, 0.25) is 0 Å². The molecule has 0 unspecified atom stereocenters. The van der Waals surface area contributed by atoms with E-state index >= 15 is 0 Å². The number of ether oxygens (including phenoxy) is 3. The molecule has 4 saturated carbocycles. The van der Waals surface area contributed by atoms with Gasteiger partial charge in [-0.3, -0.25) is 0 Å². The molecule has 0 aromatic heterocycles. The van der Waals surface area contributed by atoms with Crippen LogP contribution in [0.4, 0.5) is 17.1 Å². The second kappa shape index (κ2) is 11.6. The van der Waals surface area contributed by atoms with Gasteiger partial charge in [-0.15, -0.1) is 0 Å². The van der Waals surface area contributed by atoms with Crippen molar-refractivity contribution in [3.05, 3.63) is 85.7 Å². The lowest BCUT2D eigenvalue weighted by Crippen LogP contribution is -2.43. The third kappa shape index (κ3) is 5.83. The summed E-state index contributed by atoms with van der Waals surface area (Å²) in [6, 6.07) is 20.8. The first-order valence-corrected chi connectivity index (χ1v) is 16.9. The smallest absolute Gasteiger partial charge is 0.138 e. The third-order valence-electron chi connectivity index (χ3n) is 9.23. The van der Waals surface area contributed by atoms with E-state index in [1.807, 2.05) is 60.7 Å². The first-order valence-electron chi connectivity index (χ1n) is 14.6. The maximum absolute atomic E-state index is 6.72. The summed E-state index contributed by atoms with van der Waals surface area (Å²) in [7, 11) is 0. The molecule has 4 aromatic carbocycles. The monoisotopic (exact) mass is 767 g/mol. The minimum atomic E-state index is 0.316. The number of halogens is 3. The standard InChI is InChI=1S/C34H32Br3N3O3/c35-25-4-1-21(12-28(25)38)41-24-15-31(42-22-2-5-26(36)29(39)13-22)34(32(16-24)43-23-3-6-27(37)30(40)14-23)33-19-8-17-7-18(10-19)11-20(33)9-17/h1-6,12-20,33H,7-11,38-40H2. The van der Waals surface area contributed by atoms with E-state index < -0.39 is 0 Å². The van der Waals surface area contributed by atoms with Gasteiger partial charge in [0.15, 0.2) is 0 Å². The molecule has 4 aliphatic carbocycles. The van der Waals surface area contributed by atoms with Crippen LogP contribution in [0.1, 0.15) is 43.6 Å². The largest absolute Gasteiger partial charge is 0.457 e. The van der Waals surface area contributed by atoms with E-state index in [4.69, 9.17) is 31.4 Å². The summed E-state index contributed by atoms with van der Waals surface area (Å²) in [5, 5.41) is 0. The highest BCUT2D eigenvalue weighted by atomic mass is 79.9. The Balaban J connectivity index is 1.38. The molecule has 4 bridgehead atoms. The number of anilines is 3. The molecule has 43 heavy (non-hydrogen) atoms. The summed E-state index contributed by atoms with van der Waals surface area (Å²) in [5.41, 5.74) is 21.6. The fourth-order valence-electron chi connectivity index (χ4n) is 7.68. The van der Waals surface area contributed by atoms with Crippen molar-refractivity contribution in [3.8, 4) is 34.5 Å². The van der Waals surface area contributed by atoms with Crippen LogP contribution in [0.25, 0.3) is 0 Å². The minimum Gasteiger partial charge on any atom is -0.457 e. The molecule has 6 nitrogen and oxygen atoms in total. The predicted octanol–water partition coefficient (Wildman–Crippen LogP) is 10.6. The van der Waals surface area contributed by atoms with Crippen LogP contribution in [0, 0.1) is 23.7 Å². The highest BCUT2D eigenvalue weighted by Crippen LogP contribution is 2.63. The van der Waals surface area contributed by atoms with Gasteiger partial charge >= 0.3 is 0 Å². The lowest BCUT2D eigenvalue weighted by molar-refractivity contribution is -0.00397. The molecule has 0 aliphatic heterocycles. The molecule has 0 atom stereocenters. The lowest BCUT2D eigenvalue weighted by atomic mass is 9.50. The van der Waals surface area contributed by atoms with Gasteiger partial charge in [-0.05, 0) is 146 Å². The Labute approximate surface area is 276 Å². The molecule has 4 aliphatic rings. The average molecular weight is 770 g/mol. The van der Waals surface area contributed by atoms with Crippen LogP contribution in [0.5, 0.6) is 34.5 Å². The van der Waals surface area contributed by atoms with E-state index in [0.717, 1.165) is 30.8 Å². The van der Waals surface area contributed by atoms with Gasteiger partial charge in [-0.25, -0.2) is 0 Å². The quantitative estimate of drug-likeness (QED) is 0.162. The van der Waals surface area contributed by atoms with Crippen LogP contribution < -0.4 is 31.4 Å². The molecule has 4 fully saturated rings. The number of rotatable bonds is 7. The van der Waals surface area contributed by atoms with Gasteiger partial charge in [0.25, 0.3) is 0 Å². The van der Waals surface area contributed by atoms with Gasteiger partial charge < -0.3 is 31.4 Å². The fraction of sp³-hybridized carbons (Fsp3) is 0.294. The van der Waals surface area contributed by atoms with Gasteiger partial charge in [0.05, 0.1) is 0 Å². The van der Waals surface area contributed by atoms with Crippen molar-refractivity contribution in [2.24, 2.45) is 23.7 Å². The normalized spacial score (nSPS) is 23.7. The molecule has 0 heterocycles. The molecule has 222 valence electrons. The Bertz CT molecular complexity index is 1610. The van der Waals surface area contributed by atoms with Gasteiger partial charge in [-0.2, -0.15) is 0 Å². The molecule has 0 saturated heterocycles. The van der Waals surface area contributed by atoms with Crippen LogP contribution >= 0.6 is 47.8 Å². The van der Waals surface area contributed by atoms with Gasteiger partial charge in [0.1, 0.15) is 34.5 Å². The SMILES string of the molecule is Nc1cc(Oc2cc(Oc3ccc(Br)c(N)c3)c(C3C4CC5CC(C4)CC3C5)c(Oc3ccc(Br)c(N)c3)c2)ccc1Br. The van der Waals surface area contributed by atoms with E-state index in [9.17, 15) is 0 Å². The molecule has 9 heteroatoms. The Hall–Kier alpha value is -2.88. The summed E-state index contributed by atoms with van der Waals surface area (Å²) < 4.78 is 22.3. The molecule has 4 aromatic rings. The van der Waals surface area contributed by atoms with Crippen molar-refractivity contribution in [1.29, 1.82) is 0 Å². The zero-order chi connectivity index (χ0) is 29.8. The molecule has 8 rings (SSSR count). The van der Waals surface area contributed by atoms with Crippen LogP contribution in [-0.4, -0.2) is 0 Å². The molecule has 0 spiro atoms. The highest BCUT2D eigenvalue weighted by molar-refractivity contribution is 9.11. The van der Waals surface area contributed by atoms with E-state index in [2.05, 4.69) is 47.8 Å². The van der Waals surface area contributed by atoms with E-state index in [1.165, 1.54) is 32.1 Å². The first-order chi connectivity index (χ1) is 20.7. The number of hydrogen-bond acceptors (Lipinski definition) is 6. The van der Waals surface area contributed by atoms with Crippen LogP contribution in [0.3, 0.4) is 0 Å². The van der Waals surface area contributed by atoms with Crippen molar-refractivity contribution in [3.63, 3.8) is 0 Å². The number of hydrogen-bond donors (Lipinski definition) is 3. The van der Waals surface area contributed by atoms with Crippen molar-refractivity contribution in [2.45, 2.75) is 38.0 Å². The lowest BCUT2D eigenvalue weighted by Gasteiger charge is -2.54. The van der Waals surface area contributed by atoms with Crippen LogP contribution in [0.2, 0.25) is 0 Å². The summed E-state index contributed by atoms with van der Waals surface area (Å²) in [4.78, 5) is 0. The maximum atomic E-state index is 6.72. The third-order valence-corrected chi connectivity index (χ3v) is 11.4. The Morgan fingerprint density at radius 1 is 0.488 bits per heavy atom. The van der Waals surface area contributed by atoms with Gasteiger partial charge in [0, 0.05) is 66.4 Å². The maximum Gasteiger partial charge on any atom is 0.138 e. The van der Waals surface area contributed by atoms with Gasteiger partial charge in [-0.1, -0.05) is 0 Å². The second-order valence-electron chi connectivity index (χ2n) is 12.1. The summed E-state index contributed by atoms with van der Waals surface area (Å²) in [6.45, 7) is 0. The number of nitrogen functional groups attached to an aromatic ring is 3. The van der Waals surface area contributed by atoms with Crippen LogP contribution in [0.15, 0.2) is 80.1 Å². The average Bonchev–Trinajstić information content (AvgIpc) is 2.95. The Kier molecular flexibility index (Phi) is 7.76. The molecule has 0 radical (unpaired) electrons. The van der Waals surface area contributed by atoms with E-state index in [-0.39, 0.29) is 0 Å². The highest BCUT2D eigenvalue weighted by Gasteiger charge is 2.50. The predicted molar refractivity (Wildman–Crippen MR) is 182 cm³/mol. The minimum absolute atomic E-state index is 0.316. The summed E-state index contributed by atoms with van der Waals surface area (Å²) in [6.07, 6.45) is 6.39. The number of nitrogens with two attached hydrogens (primary N) is 3. The van der Waals surface area contributed by atoms with Crippen molar-refractivity contribution in [1.82, 2.24) is 0 Å². The first kappa shape index (κ1) is 28.9. The summed E-state index contributed by atoms with van der Waals surface area (Å²) >= 11 is 10.5. The topological polar surface area (TPSA) is 106 Å². The van der Waals surface area contributed by atoms with Crippen molar-refractivity contribution < 1.29 is 14.2 Å². The van der Waals surface area contributed by atoms with Crippen molar-refractivity contribution in [2.75, 3.05) is 17.2 Å².